The van der Waals surface area contributed by atoms with Crippen molar-refractivity contribution in [1.82, 2.24) is 9.97 Å². The van der Waals surface area contributed by atoms with Crippen molar-refractivity contribution in [3.8, 4) is 0 Å². The zero-order chi connectivity index (χ0) is 24.4. The molecule has 2 atom stereocenters. The summed E-state index contributed by atoms with van der Waals surface area (Å²) in [6, 6.07) is 9.46. The van der Waals surface area contributed by atoms with E-state index < -0.39 is 23.0 Å². The van der Waals surface area contributed by atoms with Gasteiger partial charge in [-0.3, -0.25) is 9.97 Å². The molecule has 0 bridgehead atoms. The molecule has 0 N–H and O–H groups in total. The van der Waals surface area contributed by atoms with Crippen molar-refractivity contribution in [3.63, 3.8) is 0 Å². The van der Waals surface area contributed by atoms with Crippen molar-refractivity contribution in [2.45, 2.75) is 51.6 Å². The molecule has 33 heavy (non-hydrogen) atoms. The maximum absolute atomic E-state index is 11.1. The molecule has 0 aliphatic rings. The van der Waals surface area contributed by atoms with Crippen LogP contribution in [0.3, 0.4) is 0 Å². The summed E-state index contributed by atoms with van der Waals surface area (Å²) in [4.78, 5) is 51.8. The number of carbonyl (C=O) groups excluding carboxylic acids is 2. The van der Waals surface area contributed by atoms with Crippen LogP contribution in [0.15, 0.2) is 59.1 Å². The van der Waals surface area contributed by atoms with Crippen LogP contribution >= 0.6 is 0 Å². The summed E-state index contributed by atoms with van der Waals surface area (Å²) in [6.07, 6.45) is 3.02. The second-order valence-electron chi connectivity index (χ2n) is 8.10. The maximum atomic E-state index is 11.1. The van der Waals surface area contributed by atoms with Gasteiger partial charge in [0, 0.05) is 12.4 Å². The fourth-order valence-electron chi connectivity index (χ4n) is 3.22. The minimum absolute atomic E-state index is 0. The molecule has 10 nitrogen and oxygen atoms in total. The summed E-state index contributed by atoms with van der Waals surface area (Å²) in [7, 11) is 0. The van der Waals surface area contributed by atoms with E-state index in [1.165, 1.54) is 24.5 Å². The Balaban J connectivity index is 0.000000602. The predicted molar refractivity (Wildman–Crippen MR) is 118 cm³/mol. The van der Waals surface area contributed by atoms with Crippen molar-refractivity contribution in [1.29, 1.82) is 0 Å². The number of carboxylic acid groups (broad SMARTS) is 2. The van der Waals surface area contributed by atoms with Gasteiger partial charge in [0.2, 0.25) is 0 Å². The first kappa shape index (κ1) is 30.7. The first-order chi connectivity index (χ1) is 15.1. The number of aliphatic carboxylic acids is 2. The van der Waals surface area contributed by atoms with Crippen molar-refractivity contribution in [3.05, 3.63) is 70.0 Å². The number of aromatic nitrogens is 2. The van der Waals surface area contributed by atoms with Gasteiger partial charge in [0.25, 0.3) is 0 Å². The number of pyridine rings is 2. The fraction of sp³-hybridized carbons (Fsp3) is 0.455. The van der Waals surface area contributed by atoms with Crippen LogP contribution in [0, 0.1) is 21.6 Å². The quantitative estimate of drug-likeness (QED) is 0.361. The fourth-order valence-corrected chi connectivity index (χ4v) is 3.22. The molecule has 0 spiro atoms. The van der Waals surface area contributed by atoms with Crippen molar-refractivity contribution in [2.24, 2.45) is 22.2 Å². The number of carbonyl (C=O) groups is 2. The molecule has 0 aliphatic heterocycles. The summed E-state index contributed by atoms with van der Waals surface area (Å²) >= 11 is 0. The molecule has 0 unspecified atom stereocenters. The Morgan fingerprint density at radius 3 is 1.30 bits per heavy atom. The summed E-state index contributed by atoms with van der Waals surface area (Å²) in [5.41, 5.74) is -3.51. The Morgan fingerprint density at radius 2 is 1.12 bits per heavy atom. The van der Waals surface area contributed by atoms with Gasteiger partial charge in [-0.15, -0.1) is 9.81 Å². The molecule has 2 aromatic heterocycles. The van der Waals surface area contributed by atoms with Crippen LogP contribution in [0.5, 0.6) is 0 Å². The minimum Gasteiger partial charge on any atom is -0.547 e. The van der Waals surface area contributed by atoms with Crippen molar-refractivity contribution < 1.29 is 19.8 Å². The molecular formula is C22H26CaN4O6. The first-order valence-electron chi connectivity index (χ1n) is 10.0. The van der Waals surface area contributed by atoms with Gasteiger partial charge in [-0.05, 0) is 48.9 Å². The van der Waals surface area contributed by atoms with Crippen LogP contribution in [0.1, 0.15) is 51.9 Å². The Kier molecular flexibility index (Phi) is 13.1. The van der Waals surface area contributed by atoms with Crippen LogP contribution in [0.2, 0.25) is 0 Å². The molecule has 0 aromatic carbocycles. The van der Waals surface area contributed by atoms with Gasteiger partial charge in [0.15, 0.2) is 11.1 Å². The molecule has 0 amide bonds. The molecule has 0 saturated heterocycles. The molecule has 0 radical (unpaired) electrons. The number of rotatable bonds is 10. The van der Waals surface area contributed by atoms with Gasteiger partial charge < -0.3 is 19.8 Å². The third-order valence-electron chi connectivity index (χ3n) is 4.57. The van der Waals surface area contributed by atoms with E-state index in [2.05, 4.69) is 20.3 Å². The second kappa shape index (κ2) is 14.1. The number of nitroso groups, excluding NO2 is 2. The van der Waals surface area contributed by atoms with E-state index in [-0.39, 0.29) is 73.8 Å². The summed E-state index contributed by atoms with van der Waals surface area (Å²) < 4.78 is 0. The third-order valence-corrected chi connectivity index (χ3v) is 4.57. The number of carboxylic acids is 2. The first-order valence-corrected chi connectivity index (χ1v) is 10.0. The van der Waals surface area contributed by atoms with E-state index in [0.717, 1.165) is 0 Å². The zero-order valence-corrected chi connectivity index (χ0v) is 21.3. The molecule has 11 heteroatoms. The zero-order valence-electron chi connectivity index (χ0n) is 19.1. The molecule has 2 rings (SSSR count). The molecule has 2 heterocycles. The van der Waals surface area contributed by atoms with E-state index in [4.69, 9.17) is 0 Å². The van der Waals surface area contributed by atoms with Gasteiger partial charge in [0.1, 0.15) is 0 Å². The van der Waals surface area contributed by atoms with E-state index in [1.54, 1.807) is 24.3 Å². The van der Waals surface area contributed by atoms with Crippen LogP contribution < -0.4 is 10.2 Å². The average Bonchev–Trinajstić information content (AvgIpc) is 2.76. The third kappa shape index (κ3) is 7.90. The van der Waals surface area contributed by atoms with Crippen molar-refractivity contribution in [2.75, 3.05) is 0 Å². The number of hydrogen-bond acceptors (Lipinski definition) is 10. The Bertz CT molecular complexity index is 838. The maximum Gasteiger partial charge on any atom is 2.00 e. The Labute approximate surface area is 222 Å². The van der Waals surface area contributed by atoms with Gasteiger partial charge in [-0.1, -0.05) is 50.2 Å². The van der Waals surface area contributed by atoms with E-state index in [9.17, 15) is 29.6 Å². The SMILES string of the molecule is CC(C)C[C@](N=O)(C(=O)[O-])c1ccccn1.CC(C)C[C@](N=O)(C(=O)[O-])c1ccccn1.[Ca+2]. The Morgan fingerprint density at radius 1 is 0.788 bits per heavy atom. The largest absolute Gasteiger partial charge is 2.00 e. The molecule has 0 fully saturated rings. The monoisotopic (exact) mass is 482 g/mol. The summed E-state index contributed by atoms with van der Waals surface area (Å²) in [6.45, 7) is 7.25. The van der Waals surface area contributed by atoms with Crippen LogP contribution in [-0.2, 0) is 20.7 Å². The smallest absolute Gasteiger partial charge is 0.547 e. The summed E-state index contributed by atoms with van der Waals surface area (Å²) in [5.74, 6) is -3.01. The van der Waals surface area contributed by atoms with Gasteiger partial charge in [-0.25, -0.2) is 0 Å². The van der Waals surface area contributed by atoms with E-state index >= 15 is 0 Å². The van der Waals surface area contributed by atoms with Gasteiger partial charge in [0.05, 0.1) is 23.3 Å². The molecule has 0 saturated carbocycles. The Hall–Kier alpha value is -2.30. The number of nitrogens with zero attached hydrogens (tertiary/aromatic N) is 4. The molecular weight excluding hydrogens is 456 g/mol. The van der Waals surface area contributed by atoms with E-state index in [0.29, 0.717) is 0 Å². The van der Waals surface area contributed by atoms with Gasteiger partial charge in [-0.2, -0.15) is 0 Å². The standard InChI is InChI=1S/2C11H14N2O3.Ca/c2*1-8(2)7-11(13-16,10(14)15)9-5-3-4-6-12-9;/h2*3-6,8H,7H2,1-2H3,(H,14,15);/q;;+2/p-2/t2*11-;/m11./s1. The van der Waals surface area contributed by atoms with Gasteiger partial charge >= 0.3 is 37.7 Å². The topological polar surface area (TPSA) is 165 Å². The number of hydrogen-bond donors (Lipinski definition) is 0. The minimum atomic E-state index is -1.88. The molecule has 0 aliphatic carbocycles. The summed E-state index contributed by atoms with van der Waals surface area (Å²) in [5, 5.41) is 27.8. The second-order valence-corrected chi connectivity index (χ2v) is 8.10. The predicted octanol–water partition coefficient (Wildman–Crippen LogP) is 1.30. The molecule has 172 valence electrons. The van der Waals surface area contributed by atoms with E-state index in [1.807, 2.05) is 27.7 Å². The van der Waals surface area contributed by atoms with Crippen molar-refractivity contribution >= 4 is 49.7 Å². The average molecular weight is 483 g/mol. The van der Waals surface area contributed by atoms with Crippen LogP contribution in [0.4, 0.5) is 0 Å². The normalized spacial score (nSPS) is 14.0. The van der Waals surface area contributed by atoms with Crippen LogP contribution in [-0.4, -0.2) is 59.6 Å². The van der Waals surface area contributed by atoms with Crippen LogP contribution in [0.25, 0.3) is 0 Å². The molecule has 2 aromatic rings.